The molecule has 252 valence electrons. The molecule has 0 unspecified atom stereocenters. The van der Waals surface area contributed by atoms with Crippen LogP contribution in [0.15, 0.2) is 66.7 Å². The molecule has 0 saturated carbocycles. The van der Waals surface area contributed by atoms with Gasteiger partial charge in [0.25, 0.3) is 0 Å². The van der Waals surface area contributed by atoms with Crippen molar-refractivity contribution in [1.82, 2.24) is 0 Å². The molecular weight excluding hydrogens is 608 g/mol. The van der Waals surface area contributed by atoms with E-state index in [9.17, 15) is 14.4 Å². The molecule has 0 bridgehead atoms. The maximum Gasteiger partial charge on any atom is 0.343 e. The molecule has 0 spiro atoms. The van der Waals surface area contributed by atoms with Gasteiger partial charge in [-0.15, -0.1) is 0 Å². The third-order valence-corrected chi connectivity index (χ3v) is 7.14. The second-order valence-electron chi connectivity index (χ2n) is 11.4. The molecule has 0 aromatic heterocycles. The summed E-state index contributed by atoms with van der Waals surface area (Å²) in [4.78, 5) is 36.2. The van der Waals surface area contributed by atoms with Crippen molar-refractivity contribution in [1.29, 1.82) is 0 Å². The van der Waals surface area contributed by atoms with Crippen LogP contribution in [0.2, 0.25) is 0 Å². The van der Waals surface area contributed by atoms with Crippen molar-refractivity contribution in [3.8, 4) is 28.7 Å². The van der Waals surface area contributed by atoms with Gasteiger partial charge in [-0.05, 0) is 92.4 Å². The summed E-state index contributed by atoms with van der Waals surface area (Å²) in [6.45, 7) is 7.71. The van der Waals surface area contributed by atoms with Crippen LogP contribution in [0.4, 0.5) is 0 Å². The first-order valence-electron chi connectivity index (χ1n) is 15.6. The molecule has 1 heterocycles. The monoisotopic (exact) mass is 650 g/mol. The van der Waals surface area contributed by atoms with Gasteiger partial charge in [-0.2, -0.15) is 0 Å². The van der Waals surface area contributed by atoms with E-state index in [4.69, 9.17) is 37.9 Å². The van der Waals surface area contributed by atoms with Crippen LogP contribution < -0.4 is 23.7 Å². The Bertz CT molecular complexity index is 1450. The van der Waals surface area contributed by atoms with Gasteiger partial charge < -0.3 is 37.9 Å². The molecule has 1 aliphatic heterocycles. The van der Waals surface area contributed by atoms with Crippen molar-refractivity contribution < 1.29 is 52.3 Å². The third kappa shape index (κ3) is 11.6. The lowest BCUT2D eigenvalue weighted by Gasteiger charge is -2.37. The summed E-state index contributed by atoms with van der Waals surface area (Å²) in [6, 6.07) is 17.6. The minimum Gasteiger partial charge on any atom is -0.494 e. The second kappa shape index (κ2) is 17.9. The molecule has 0 aliphatic carbocycles. The normalized spacial score (nSPS) is 13.2. The number of hydrogen-bond donors (Lipinski definition) is 0. The van der Waals surface area contributed by atoms with Crippen LogP contribution in [-0.4, -0.2) is 71.3 Å². The lowest BCUT2D eigenvalue weighted by atomic mass is 9.90. The van der Waals surface area contributed by atoms with Crippen molar-refractivity contribution in [2.45, 2.75) is 39.5 Å². The second-order valence-corrected chi connectivity index (χ2v) is 11.4. The highest BCUT2D eigenvalue weighted by Gasteiger charge is 2.33. The van der Waals surface area contributed by atoms with Crippen LogP contribution in [0.25, 0.3) is 0 Å². The van der Waals surface area contributed by atoms with Crippen LogP contribution in [0.1, 0.15) is 60.2 Å². The number of carbonyl (C=O) groups excluding carboxylic acids is 3. The lowest BCUT2D eigenvalue weighted by molar-refractivity contribution is -0.141. The summed E-state index contributed by atoms with van der Waals surface area (Å²) in [5.41, 5.74) is 0.789. The molecule has 1 aliphatic rings. The zero-order chi connectivity index (χ0) is 33.5. The average molecular weight is 651 g/mol. The molecule has 1 fully saturated rings. The van der Waals surface area contributed by atoms with Crippen molar-refractivity contribution in [2.24, 2.45) is 5.41 Å². The standard InChI is InChI=1S/C36H42O11/c1-26(37)43-19-6-7-20-44-29-11-8-27(9-12-29)34(38)46-30-13-15-31(16-14-30)47-35(39)28-10-17-32(33(22-28)40-3)45-21-5-4-18-41-23-36(2)24-42-25-36/h8-17,22H,4-7,18-21,23-25H2,1-3H3. The Hall–Kier alpha value is -4.61. The fourth-order valence-corrected chi connectivity index (χ4v) is 4.46. The first-order chi connectivity index (χ1) is 22.7. The predicted molar refractivity (Wildman–Crippen MR) is 172 cm³/mol. The zero-order valence-corrected chi connectivity index (χ0v) is 27.1. The smallest absolute Gasteiger partial charge is 0.343 e. The molecule has 0 radical (unpaired) electrons. The summed E-state index contributed by atoms with van der Waals surface area (Å²) in [5, 5.41) is 0. The molecule has 11 heteroatoms. The number of unbranched alkanes of at least 4 members (excludes halogenated alkanes) is 2. The molecule has 3 aromatic carbocycles. The summed E-state index contributed by atoms with van der Waals surface area (Å²) < 4.78 is 43.8. The summed E-state index contributed by atoms with van der Waals surface area (Å²) in [5.74, 6) is 0.726. The number of carbonyl (C=O) groups is 3. The Morgan fingerprint density at radius 2 is 1.23 bits per heavy atom. The fourth-order valence-electron chi connectivity index (χ4n) is 4.46. The minimum atomic E-state index is -0.575. The van der Waals surface area contributed by atoms with Gasteiger partial charge in [-0.1, -0.05) is 6.92 Å². The summed E-state index contributed by atoms with van der Waals surface area (Å²) >= 11 is 0. The van der Waals surface area contributed by atoms with E-state index in [0.717, 1.165) is 32.5 Å². The molecule has 47 heavy (non-hydrogen) atoms. The largest absolute Gasteiger partial charge is 0.494 e. The van der Waals surface area contributed by atoms with Crippen molar-refractivity contribution in [3.63, 3.8) is 0 Å². The Morgan fingerprint density at radius 1 is 0.681 bits per heavy atom. The van der Waals surface area contributed by atoms with Gasteiger partial charge in [0.05, 0.1) is 57.9 Å². The number of rotatable bonds is 19. The van der Waals surface area contributed by atoms with Gasteiger partial charge in [0, 0.05) is 18.9 Å². The van der Waals surface area contributed by atoms with Crippen molar-refractivity contribution in [3.05, 3.63) is 77.9 Å². The molecule has 1 saturated heterocycles. The average Bonchev–Trinajstić information content (AvgIpc) is 3.06. The van der Waals surface area contributed by atoms with Gasteiger partial charge in [0.1, 0.15) is 17.2 Å². The van der Waals surface area contributed by atoms with Crippen LogP contribution in [0, 0.1) is 5.41 Å². The van der Waals surface area contributed by atoms with Gasteiger partial charge in [-0.25, -0.2) is 9.59 Å². The van der Waals surface area contributed by atoms with Crippen LogP contribution in [0.5, 0.6) is 28.7 Å². The van der Waals surface area contributed by atoms with E-state index in [1.165, 1.54) is 26.2 Å². The lowest BCUT2D eigenvalue weighted by Crippen LogP contribution is -2.43. The molecule has 3 aromatic rings. The number of esters is 3. The molecule has 4 rings (SSSR count). The van der Waals surface area contributed by atoms with Gasteiger partial charge in [0.2, 0.25) is 0 Å². The fraction of sp³-hybridized carbons (Fsp3) is 0.417. The maximum atomic E-state index is 12.8. The van der Waals surface area contributed by atoms with E-state index >= 15 is 0 Å². The predicted octanol–water partition coefficient (Wildman–Crippen LogP) is 6.07. The van der Waals surface area contributed by atoms with Crippen LogP contribution >= 0.6 is 0 Å². The van der Waals surface area contributed by atoms with Gasteiger partial charge in [0.15, 0.2) is 11.5 Å². The Morgan fingerprint density at radius 3 is 1.83 bits per heavy atom. The maximum absolute atomic E-state index is 12.8. The quantitative estimate of drug-likeness (QED) is 0.0853. The first-order valence-corrected chi connectivity index (χ1v) is 15.6. The third-order valence-electron chi connectivity index (χ3n) is 7.14. The van der Waals surface area contributed by atoms with E-state index in [2.05, 4.69) is 6.92 Å². The van der Waals surface area contributed by atoms with E-state index < -0.39 is 11.9 Å². The Kier molecular flexibility index (Phi) is 13.4. The van der Waals surface area contributed by atoms with E-state index in [-0.39, 0.29) is 17.1 Å². The van der Waals surface area contributed by atoms with E-state index in [1.54, 1.807) is 54.6 Å². The molecule has 0 N–H and O–H groups in total. The highest BCUT2D eigenvalue weighted by atomic mass is 16.5. The summed E-state index contributed by atoms with van der Waals surface area (Å²) in [6.07, 6.45) is 3.11. The summed E-state index contributed by atoms with van der Waals surface area (Å²) in [7, 11) is 1.51. The zero-order valence-electron chi connectivity index (χ0n) is 27.1. The number of ether oxygens (including phenoxy) is 8. The molecule has 11 nitrogen and oxygen atoms in total. The Balaban J connectivity index is 1.17. The Labute approximate surface area is 275 Å². The van der Waals surface area contributed by atoms with E-state index in [0.29, 0.717) is 73.6 Å². The number of methoxy groups -OCH3 is 1. The van der Waals surface area contributed by atoms with Crippen molar-refractivity contribution >= 4 is 17.9 Å². The van der Waals surface area contributed by atoms with Crippen molar-refractivity contribution in [2.75, 3.05) is 53.4 Å². The SMILES string of the molecule is COc1cc(C(=O)Oc2ccc(OC(=O)c3ccc(OCCCCOC(C)=O)cc3)cc2)ccc1OCCCCOCC1(C)COC1. The molecule has 0 atom stereocenters. The highest BCUT2D eigenvalue weighted by molar-refractivity contribution is 5.92. The van der Waals surface area contributed by atoms with Crippen LogP contribution in [0.3, 0.4) is 0 Å². The van der Waals surface area contributed by atoms with Gasteiger partial charge in [-0.3, -0.25) is 4.79 Å². The van der Waals surface area contributed by atoms with Crippen LogP contribution in [-0.2, 0) is 19.0 Å². The molecule has 0 amide bonds. The van der Waals surface area contributed by atoms with E-state index in [1.807, 2.05) is 0 Å². The van der Waals surface area contributed by atoms with Gasteiger partial charge >= 0.3 is 17.9 Å². The highest BCUT2D eigenvalue weighted by Crippen LogP contribution is 2.30. The number of hydrogen-bond acceptors (Lipinski definition) is 11. The number of benzene rings is 3. The first kappa shape index (κ1) is 35.2. The topological polar surface area (TPSA) is 125 Å². The minimum absolute atomic E-state index is 0.147. The molecular formula is C36H42O11.